The highest BCUT2D eigenvalue weighted by Gasteiger charge is 2.45. The third-order valence-corrected chi connectivity index (χ3v) is 7.43. The third kappa shape index (κ3) is 1.89. The van der Waals surface area contributed by atoms with Crippen LogP contribution in [0.2, 0.25) is 0 Å². The molecule has 16 heavy (non-hydrogen) atoms. The van der Waals surface area contributed by atoms with Gasteiger partial charge in [0.25, 0.3) is 0 Å². The van der Waals surface area contributed by atoms with Crippen LogP contribution in [0.4, 0.5) is 0 Å². The maximum Gasteiger partial charge on any atom is 0.216 e. The number of hydrogen-bond acceptors (Lipinski definition) is 4. The lowest BCUT2D eigenvalue weighted by atomic mass is 10.1. The van der Waals surface area contributed by atoms with Crippen LogP contribution in [-0.2, 0) is 14.8 Å². The van der Waals surface area contributed by atoms with Gasteiger partial charge in [0.05, 0.1) is 11.9 Å². The Morgan fingerprint density at radius 3 is 2.44 bits per heavy atom. The van der Waals surface area contributed by atoms with Crippen LogP contribution in [0.15, 0.2) is 0 Å². The Bertz CT molecular complexity index is 362. The smallest absolute Gasteiger partial charge is 0.216 e. The Morgan fingerprint density at radius 1 is 1.25 bits per heavy atom. The van der Waals surface area contributed by atoms with Crippen molar-refractivity contribution >= 4 is 21.8 Å². The summed E-state index contributed by atoms with van der Waals surface area (Å²) in [7, 11) is -2.97. The zero-order valence-electron chi connectivity index (χ0n) is 9.22. The largest absolute Gasteiger partial charge is 0.363 e. The summed E-state index contributed by atoms with van der Waals surface area (Å²) < 4.78 is 31.5. The monoisotopic (exact) mass is 263 g/mol. The summed E-state index contributed by atoms with van der Waals surface area (Å²) in [5, 5.41) is -0.0706. The minimum atomic E-state index is -2.97. The van der Waals surface area contributed by atoms with Crippen LogP contribution in [-0.4, -0.2) is 48.4 Å². The van der Waals surface area contributed by atoms with Crippen LogP contribution in [0.5, 0.6) is 0 Å². The van der Waals surface area contributed by atoms with Crippen molar-refractivity contribution in [1.82, 2.24) is 4.31 Å². The molecule has 1 saturated carbocycles. The molecule has 0 aromatic carbocycles. The molecule has 4 nitrogen and oxygen atoms in total. The summed E-state index contributed by atoms with van der Waals surface area (Å²) in [5.74, 6) is 1.05. The van der Waals surface area contributed by atoms with E-state index in [2.05, 4.69) is 0 Å². The fourth-order valence-electron chi connectivity index (χ4n) is 2.44. The first-order chi connectivity index (χ1) is 7.62. The van der Waals surface area contributed by atoms with Crippen LogP contribution in [0.25, 0.3) is 0 Å². The minimum absolute atomic E-state index is 0.0599. The van der Waals surface area contributed by atoms with Gasteiger partial charge >= 0.3 is 0 Å². The molecule has 1 aliphatic carbocycles. The van der Waals surface area contributed by atoms with E-state index >= 15 is 0 Å². The van der Waals surface area contributed by atoms with Gasteiger partial charge in [-0.15, -0.1) is 11.8 Å². The number of piperidine rings is 1. The fraction of sp³-hybridized carbons (Fsp3) is 1.00. The molecule has 0 N–H and O–H groups in total. The number of ether oxygens (including phenoxy) is 1. The molecule has 2 saturated heterocycles. The lowest BCUT2D eigenvalue weighted by molar-refractivity contribution is 0.0161. The second kappa shape index (κ2) is 3.86. The van der Waals surface area contributed by atoms with Crippen LogP contribution >= 0.6 is 11.8 Å². The Balaban J connectivity index is 1.66. The van der Waals surface area contributed by atoms with E-state index in [1.807, 2.05) is 11.8 Å². The van der Waals surface area contributed by atoms with E-state index in [-0.39, 0.29) is 10.2 Å². The van der Waals surface area contributed by atoms with E-state index in [0.717, 1.165) is 38.0 Å². The third-order valence-electron chi connectivity index (χ3n) is 3.60. The van der Waals surface area contributed by atoms with Gasteiger partial charge in [0.2, 0.25) is 10.0 Å². The van der Waals surface area contributed by atoms with Gasteiger partial charge in [-0.05, 0) is 25.7 Å². The zero-order valence-corrected chi connectivity index (χ0v) is 10.9. The summed E-state index contributed by atoms with van der Waals surface area (Å²) in [6, 6.07) is 0. The van der Waals surface area contributed by atoms with E-state index in [0.29, 0.717) is 13.1 Å². The first-order valence-electron chi connectivity index (χ1n) is 5.89. The van der Waals surface area contributed by atoms with Gasteiger partial charge < -0.3 is 4.74 Å². The van der Waals surface area contributed by atoms with E-state index in [9.17, 15) is 8.42 Å². The first kappa shape index (κ1) is 11.3. The Kier molecular flexibility index (Phi) is 2.73. The molecule has 0 bridgehead atoms. The molecule has 0 amide bonds. The summed E-state index contributed by atoms with van der Waals surface area (Å²) in [6.45, 7) is 2.11. The second-order valence-electron chi connectivity index (χ2n) is 4.75. The van der Waals surface area contributed by atoms with Crippen LogP contribution in [0.3, 0.4) is 0 Å². The molecule has 92 valence electrons. The van der Waals surface area contributed by atoms with Crippen molar-refractivity contribution in [3.05, 3.63) is 0 Å². The molecular formula is C10H17NO3S2. The average Bonchev–Trinajstić information content (AvgIpc) is 3.04. The van der Waals surface area contributed by atoms with Gasteiger partial charge in [0, 0.05) is 18.8 Å². The highest BCUT2D eigenvalue weighted by molar-refractivity contribution is 8.00. The number of rotatable bonds is 2. The van der Waals surface area contributed by atoms with Crippen LogP contribution < -0.4 is 0 Å². The van der Waals surface area contributed by atoms with E-state index < -0.39 is 10.0 Å². The second-order valence-corrected chi connectivity index (χ2v) is 8.40. The van der Waals surface area contributed by atoms with E-state index in [1.165, 1.54) is 0 Å². The number of nitrogens with zero attached hydrogens (tertiary/aromatic N) is 1. The van der Waals surface area contributed by atoms with Gasteiger partial charge in [-0.3, -0.25) is 0 Å². The predicted octanol–water partition coefficient (Wildman–Crippen LogP) is 1.03. The Morgan fingerprint density at radius 2 is 1.94 bits per heavy atom. The lowest BCUT2D eigenvalue weighted by Gasteiger charge is -2.37. The Hall–Kier alpha value is 0.220. The molecule has 0 unspecified atom stereocenters. The number of hydrogen-bond donors (Lipinski definition) is 0. The highest BCUT2D eigenvalue weighted by atomic mass is 32.2. The van der Waals surface area contributed by atoms with Crippen molar-refractivity contribution in [2.45, 2.75) is 35.9 Å². The molecule has 3 rings (SSSR count). The summed E-state index contributed by atoms with van der Waals surface area (Å²) in [6.07, 6.45) is 3.41. The molecule has 0 aromatic heterocycles. The SMILES string of the molecule is O=S(=O)(C1CC1)N1CCC2(CC1)OCCS2. The predicted molar refractivity (Wildman–Crippen MR) is 63.9 cm³/mol. The topological polar surface area (TPSA) is 46.6 Å². The Labute approximate surface area is 101 Å². The molecular weight excluding hydrogens is 246 g/mol. The first-order valence-corrected chi connectivity index (χ1v) is 8.38. The normalized spacial score (nSPS) is 31.0. The average molecular weight is 263 g/mol. The van der Waals surface area contributed by atoms with Crippen molar-refractivity contribution in [3.8, 4) is 0 Å². The molecule has 1 spiro atoms. The molecule has 3 aliphatic rings. The van der Waals surface area contributed by atoms with Crippen LogP contribution in [0.1, 0.15) is 25.7 Å². The van der Waals surface area contributed by atoms with Crippen molar-refractivity contribution in [2.75, 3.05) is 25.4 Å². The molecule has 2 aliphatic heterocycles. The zero-order chi connectivity index (χ0) is 11.2. The number of thioether (sulfide) groups is 1. The van der Waals surface area contributed by atoms with E-state index in [4.69, 9.17) is 4.74 Å². The lowest BCUT2D eigenvalue weighted by Crippen LogP contribution is -2.46. The van der Waals surface area contributed by atoms with Gasteiger partial charge in [-0.2, -0.15) is 0 Å². The van der Waals surface area contributed by atoms with Crippen molar-refractivity contribution in [3.63, 3.8) is 0 Å². The van der Waals surface area contributed by atoms with Gasteiger partial charge in [-0.25, -0.2) is 12.7 Å². The quantitative estimate of drug-likeness (QED) is 0.746. The standard InChI is InChI=1S/C10H17NO3S2/c12-16(13,9-1-2-9)11-5-3-10(4-6-11)14-7-8-15-10/h9H,1-8H2. The highest BCUT2D eigenvalue weighted by Crippen LogP contribution is 2.43. The van der Waals surface area contributed by atoms with Crippen molar-refractivity contribution < 1.29 is 13.2 Å². The summed E-state index contributed by atoms with van der Waals surface area (Å²) in [4.78, 5) is -0.0599. The molecule has 0 radical (unpaired) electrons. The minimum Gasteiger partial charge on any atom is -0.363 e. The molecule has 3 fully saturated rings. The van der Waals surface area contributed by atoms with Crippen molar-refractivity contribution in [1.29, 1.82) is 0 Å². The maximum atomic E-state index is 12.0. The summed E-state index contributed by atoms with van der Waals surface area (Å²) in [5.41, 5.74) is 0. The fourth-order valence-corrected chi connectivity index (χ4v) is 5.47. The van der Waals surface area contributed by atoms with Crippen molar-refractivity contribution in [2.24, 2.45) is 0 Å². The van der Waals surface area contributed by atoms with E-state index in [1.54, 1.807) is 4.31 Å². The van der Waals surface area contributed by atoms with Gasteiger partial charge in [0.1, 0.15) is 4.93 Å². The van der Waals surface area contributed by atoms with Gasteiger partial charge in [0.15, 0.2) is 0 Å². The molecule has 0 atom stereocenters. The molecule has 0 aromatic rings. The maximum absolute atomic E-state index is 12.0. The summed E-state index contributed by atoms with van der Waals surface area (Å²) >= 11 is 1.86. The van der Waals surface area contributed by atoms with Crippen LogP contribution in [0, 0.1) is 0 Å². The van der Waals surface area contributed by atoms with Gasteiger partial charge in [-0.1, -0.05) is 0 Å². The number of sulfonamides is 1. The molecule has 2 heterocycles. The molecule has 6 heteroatoms.